The van der Waals surface area contributed by atoms with Crippen molar-refractivity contribution in [3.63, 3.8) is 0 Å². The molecule has 144 valence electrons. The van der Waals surface area contributed by atoms with E-state index in [4.69, 9.17) is 0 Å². The summed E-state index contributed by atoms with van der Waals surface area (Å²) in [5.41, 5.74) is 2.00. The lowest BCUT2D eigenvalue weighted by Gasteiger charge is -2.33. The second-order valence-corrected chi connectivity index (χ2v) is 7.81. The molecule has 0 saturated heterocycles. The second kappa shape index (κ2) is 6.27. The topological polar surface area (TPSA) is 91.1 Å². The van der Waals surface area contributed by atoms with Crippen LogP contribution in [0.4, 0.5) is 10.3 Å². The van der Waals surface area contributed by atoms with Crippen LogP contribution in [0.15, 0.2) is 37.1 Å². The Hall–Kier alpha value is -3.00. The van der Waals surface area contributed by atoms with Gasteiger partial charge in [-0.15, -0.1) is 0 Å². The molecule has 0 aromatic carbocycles. The minimum Gasteiger partial charge on any atom is -0.390 e. The summed E-state index contributed by atoms with van der Waals surface area (Å²) in [6.45, 7) is 1.89. The van der Waals surface area contributed by atoms with Gasteiger partial charge in [-0.2, -0.15) is 4.98 Å². The number of aliphatic hydroxyl groups is 1. The number of aromatic amines is 1. The number of H-pyrrole nitrogens is 1. The molecule has 1 fully saturated rings. The fraction of sp³-hybridized carbons (Fsp3) is 0.350. The predicted octanol–water partition coefficient (Wildman–Crippen LogP) is 3.52. The van der Waals surface area contributed by atoms with E-state index in [0.29, 0.717) is 17.2 Å². The Bertz CT molecular complexity index is 1150. The van der Waals surface area contributed by atoms with E-state index in [9.17, 15) is 9.50 Å². The van der Waals surface area contributed by atoms with E-state index in [2.05, 4.69) is 25.3 Å². The van der Waals surface area contributed by atoms with E-state index in [1.807, 2.05) is 19.3 Å². The number of anilines is 1. The van der Waals surface area contributed by atoms with E-state index < -0.39 is 5.60 Å². The fourth-order valence-corrected chi connectivity index (χ4v) is 3.92. The Morgan fingerprint density at radius 3 is 2.96 bits per heavy atom. The largest absolute Gasteiger partial charge is 0.390 e. The van der Waals surface area contributed by atoms with Crippen molar-refractivity contribution in [3.8, 4) is 11.1 Å². The van der Waals surface area contributed by atoms with Crippen LogP contribution in [0, 0.1) is 5.82 Å². The highest BCUT2D eigenvalue weighted by Gasteiger charge is 2.28. The molecule has 0 amide bonds. The van der Waals surface area contributed by atoms with E-state index in [-0.39, 0.29) is 11.9 Å². The smallest absolute Gasteiger partial charge is 0.224 e. The van der Waals surface area contributed by atoms with E-state index in [1.54, 1.807) is 23.0 Å². The summed E-state index contributed by atoms with van der Waals surface area (Å²) in [5.74, 6) is 0.188. The zero-order valence-electron chi connectivity index (χ0n) is 15.5. The summed E-state index contributed by atoms with van der Waals surface area (Å²) in [5, 5.41) is 14.3. The molecule has 4 aromatic heterocycles. The molecule has 4 heterocycles. The first-order valence-electron chi connectivity index (χ1n) is 9.44. The van der Waals surface area contributed by atoms with Gasteiger partial charge in [0.05, 0.1) is 5.60 Å². The lowest BCUT2D eigenvalue weighted by Crippen LogP contribution is -2.36. The summed E-state index contributed by atoms with van der Waals surface area (Å²) in [6, 6.07) is 1.73. The van der Waals surface area contributed by atoms with Gasteiger partial charge in [0.15, 0.2) is 11.5 Å². The molecular formula is C20H21FN6O. The van der Waals surface area contributed by atoms with Crippen molar-refractivity contribution in [2.24, 2.45) is 0 Å². The number of hydrogen-bond acceptors (Lipinski definition) is 5. The first kappa shape index (κ1) is 17.1. The summed E-state index contributed by atoms with van der Waals surface area (Å²) in [6.07, 6.45) is 12.0. The van der Waals surface area contributed by atoms with Gasteiger partial charge in [0.2, 0.25) is 5.95 Å². The molecule has 0 radical (unpaired) electrons. The molecule has 28 heavy (non-hydrogen) atoms. The number of aromatic nitrogens is 5. The van der Waals surface area contributed by atoms with Crippen LogP contribution >= 0.6 is 0 Å². The maximum Gasteiger partial charge on any atom is 0.224 e. The maximum absolute atomic E-state index is 14.3. The lowest BCUT2D eigenvalue weighted by atomic mass is 9.84. The molecule has 0 bridgehead atoms. The number of nitrogens with one attached hydrogen (secondary N) is 2. The van der Waals surface area contributed by atoms with Gasteiger partial charge in [0, 0.05) is 53.5 Å². The van der Waals surface area contributed by atoms with Crippen LogP contribution in [0.1, 0.15) is 32.6 Å². The van der Waals surface area contributed by atoms with Crippen molar-refractivity contribution in [3.05, 3.63) is 42.9 Å². The number of halogens is 1. The lowest BCUT2D eigenvalue weighted by molar-refractivity contribution is 0.0196. The van der Waals surface area contributed by atoms with Gasteiger partial charge in [-0.3, -0.25) is 0 Å². The van der Waals surface area contributed by atoms with Gasteiger partial charge in [-0.25, -0.2) is 14.4 Å². The van der Waals surface area contributed by atoms with E-state index in [0.717, 1.165) is 42.2 Å². The predicted molar refractivity (Wildman–Crippen MR) is 105 cm³/mol. The molecule has 4 aromatic rings. The van der Waals surface area contributed by atoms with E-state index >= 15 is 0 Å². The van der Waals surface area contributed by atoms with Crippen molar-refractivity contribution < 1.29 is 9.50 Å². The second-order valence-electron chi connectivity index (χ2n) is 7.81. The molecule has 0 atom stereocenters. The van der Waals surface area contributed by atoms with Crippen LogP contribution in [0.5, 0.6) is 0 Å². The van der Waals surface area contributed by atoms with Crippen LogP contribution < -0.4 is 5.32 Å². The Kier molecular flexibility index (Phi) is 3.83. The van der Waals surface area contributed by atoms with Gasteiger partial charge in [-0.1, -0.05) is 0 Å². The number of rotatable bonds is 3. The molecule has 1 aliphatic carbocycles. The summed E-state index contributed by atoms with van der Waals surface area (Å²) >= 11 is 0. The average molecular weight is 380 g/mol. The van der Waals surface area contributed by atoms with Crippen molar-refractivity contribution in [2.45, 2.75) is 44.2 Å². The SMILES string of the molecule is C[C@]1(O)CC[C@@H](Nc2ncc3c(-c4cc(F)c5nccn5c4)c[nH]c3n2)CC1. The van der Waals surface area contributed by atoms with Crippen LogP contribution in [0.3, 0.4) is 0 Å². The van der Waals surface area contributed by atoms with Crippen LogP contribution in [-0.4, -0.2) is 41.1 Å². The number of fused-ring (bicyclic) bond motifs is 2. The monoisotopic (exact) mass is 380 g/mol. The normalized spacial score (nSPS) is 22.8. The number of nitrogens with zero attached hydrogens (tertiary/aromatic N) is 4. The van der Waals surface area contributed by atoms with Crippen LogP contribution in [0.25, 0.3) is 27.8 Å². The molecule has 1 saturated carbocycles. The van der Waals surface area contributed by atoms with Crippen molar-refractivity contribution in [1.82, 2.24) is 24.3 Å². The van der Waals surface area contributed by atoms with Gasteiger partial charge in [-0.05, 0) is 38.7 Å². The minimum atomic E-state index is -0.567. The van der Waals surface area contributed by atoms with Gasteiger partial charge in [0.25, 0.3) is 0 Å². The molecule has 8 heteroatoms. The highest BCUT2D eigenvalue weighted by molar-refractivity contribution is 5.93. The Morgan fingerprint density at radius 1 is 1.32 bits per heavy atom. The fourth-order valence-electron chi connectivity index (χ4n) is 3.92. The van der Waals surface area contributed by atoms with Crippen molar-refractivity contribution >= 4 is 22.6 Å². The highest BCUT2D eigenvalue weighted by atomic mass is 19.1. The maximum atomic E-state index is 14.3. The van der Waals surface area contributed by atoms with Gasteiger partial charge in [0.1, 0.15) is 5.65 Å². The molecule has 0 unspecified atom stereocenters. The molecular weight excluding hydrogens is 359 g/mol. The van der Waals surface area contributed by atoms with Gasteiger partial charge < -0.3 is 19.8 Å². The quantitative estimate of drug-likeness (QED) is 0.506. The Labute approximate surface area is 160 Å². The summed E-state index contributed by atoms with van der Waals surface area (Å²) in [7, 11) is 0. The Morgan fingerprint density at radius 2 is 2.14 bits per heavy atom. The average Bonchev–Trinajstić information content (AvgIpc) is 3.30. The molecule has 1 aliphatic rings. The highest BCUT2D eigenvalue weighted by Crippen LogP contribution is 2.31. The third-order valence-corrected chi connectivity index (χ3v) is 5.58. The number of hydrogen-bond donors (Lipinski definition) is 3. The summed E-state index contributed by atoms with van der Waals surface area (Å²) in [4.78, 5) is 16.2. The first-order valence-corrected chi connectivity index (χ1v) is 9.44. The van der Waals surface area contributed by atoms with Gasteiger partial charge >= 0.3 is 0 Å². The Balaban J connectivity index is 1.43. The molecule has 0 spiro atoms. The zero-order valence-corrected chi connectivity index (χ0v) is 15.5. The number of pyridine rings is 1. The van der Waals surface area contributed by atoms with Crippen molar-refractivity contribution in [1.29, 1.82) is 0 Å². The summed E-state index contributed by atoms with van der Waals surface area (Å²) < 4.78 is 16.0. The first-order chi connectivity index (χ1) is 13.5. The van der Waals surface area contributed by atoms with Crippen LogP contribution in [0.2, 0.25) is 0 Å². The van der Waals surface area contributed by atoms with Crippen LogP contribution in [-0.2, 0) is 0 Å². The van der Waals surface area contributed by atoms with E-state index in [1.165, 1.54) is 6.07 Å². The zero-order chi connectivity index (χ0) is 19.3. The molecule has 7 nitrogen and oxygen atoms in total. The molecule has 0 aliphatic heterocycles. The standard InChI is InChI=1S/C20H21FN6O/c1-20(28)4-2-13(3-5-20)25-19-24-10-15-14(9-23-17(15)26-19)12-8-16(21)18-22-6-7-27(18)11-12/h6-11,13,28H,2-5H2,1H3,(H2,23,24,25,26)/t13-,20+. The molecule has 3 N–H and O–H groups in total. The van der Waals surface area contributed by atoms with Crippen molar-refractivity contribution in [2.75, 3.05) is 5.32 Å². The third-order valence-electron chi connectivity index (χ3n) is 5.58. The minimum absolute atomic E-state index is 0.254. The number of imidazole rings is 1. The molecule has 5 rings (SSSR count). The third kappa shape index (κ3) is 2.99.